The van der Waals surface area contributed by atoms with Crippen LogP contribution in [0.15, 0.2) is 50.8 Å². The van der Waals surface area contributed by atoms with Crippen molar-refractivity contribution in [2.45, 2.75) is 55.4 Å². The fraction of sp³-hybridized carbons (Fsp3) is 0.308. The van der Waals surface area contributed by atoms with Crippen molar-refractivity contribution in [3.63, 3.8) is 0 Å². The first-order valence-corrected chi connectivity index (χ1v) is 17.4. The zero-order valence-corrected chi connectivity index (χ0v) is 25.3. The third kappa shape index (κ3) is 7.27. The van der Waals surface area contributed by atoms with Crippen molar-refractivity contribution in [2.75, 3.05) is 0 Å². The summed E-state index contributed by atoms with van der Waals surface area (Å²) in [6.07, 6.45) is 0. The van der Waals surface area contributed by atoms with E-state index in [1.807, 2.05) is 26.0 Å². The van der Waals surface area contributed by atoms with E-state index in [0.29, 0.717) is 0 Å². The van der Waals surface area contributed by atoms with Gasteiger partial charge in [0.1, 0.15) is 11.5 Å². The molecular weight excluding hydrogens is 666 g/mol. The molecule has 1 aromatic heterocycles. The summed E-state index contributed by atoms with van der Waals surface area (Å²) in [7, 11) is 1.19. The maximum atomic E-state index is 6.10. The molecule has 3 nitrogen and oxygen atoms in total. The fourth-order valence-electron chi connectivity index (χ4n) is 3.87. The van der Waals surface area contributed by atoms with Crippen LogP contribution in [-0.2, 0) is 8.46 Å². The molecule has 0 bridgehead atoms. The van der Waals surface area contributed by atoms with Gasteiger partial charge < -0.3 is 4.42 Å². The molecule has 32 heavy (non-hydrogen) atoms. The molecular formula is C26H30FeI2N2O. The Bertz CT molecular complexity index is 1030. The van der Waals surface area contributed by atoms with Gasteiger partial charge in [-0.05, 0) is 89.8 Å². The number of hydrogen-bond donors (Lipinski definition) is 0. The molecule has 0 aliphatic heterocycles. The average molecular weight is 696 g/mol. The molecule has 6 heteroatoms. The molecule has 0 atom stereocenters. The van der Waals surface area contributed by atoms with Crippen LogP contribution in [0.5, 0.6) is 0 Å². The summed E-state index contributed by atoms with van der Waals surface area (Å²) in [6.45, 7) is 16.6. The molecule has 0 aliphatic carbocycles. The van der Waals surface area contributed by atoms with E-state index in [2.05, 4.69) is 106 Å². The third-order valence-electron chi connectivity index (χ3n) is 5.15. The summed E-state index contributed by atoms with van der Waals surface area (Å²) in [5.74, 6) is 1.54. The van der Waals surface area contributed by atoms with Crippen LogP contribution in [0.2, 0.25) is 0 Å². The maximum absolute atomic E-state index is 6.10. The topological polar surface area (TPSA) is 37.9 Å². The number of rotatable bonds is 4. The van der Waals surface area contributed by atoms with Gasteiger partial charge in [0.15, 0.2) is 0 Å². The van der Waals surface area contributed by atoms with E-state index in [1.165, 1.54) is 41.8 Å². The van der Waals surface area contributed by atoms with E-state index < -0.39 is 0 Å². The van der Waals surface area contributed by atoms with Crippen LogP contribution in [0, 0.1) is 41.5 Å². The van der Waals surface area contributed by atoms with Gasteiger partial charge >= 0.3 is 49.1 Å². The standard InChI is InChI=1S/C26H30N2O.Fe.2HI/c1-15-11-17(3)25(18(4)12-15)27-21(7)23-9-10-24(29-23)22(8)28-26-19(5)13-16(2)14-20(26)6;;;/h9-14H,1-8H3;;2*1H/q;+2;;/p-2. The van der Waals surface area contributed by atoms with E-state index in [1.54, 1.807) is 0 Å². The first-order chi connectivity index (χ1) is 15.1. The van der Waals surface area contributed by atoms with Crippen molar-refractivity contribution in [1.29, 1.82) is 0 Å². The predicted octanol–water partition coefficient (Wildman–Crippen LogP) is 9.18. The molecule has 1 heterocycles. The number of hydrogen-bond acceptors (Lipinski definition) is 3. The van der Waals surface area contributed by atoms with Gasteiger partial charge in [-0.1, -0.05) is 35.4 Å². The monoisotopic (exact) mass is 696 g/mol. The predicted molar refractivity (Wildman–Crippen MR) is 152 cm³/mol. The molecule has 0 amide bonds. The second kappa shape index (κ2) is 12.5. The van der Waals surface area contributed by atoms with Crippen molar-refractivity contribution in [3.8, 4) is 0 Å². The minimum atomic E-state index is 0.770. The molecule has 0 aliphatic rings. The second-order valence-corrected chi connectivity index (χ2v) is 17.4. The summed E-state index contributed by atoms with van der Waals surface area (Å²) in [5, 5.41) is 0. The van der Waals surface area contributed by atoms with Crippen LogP contribution in [0.25, 0.3) is 0 Å². The Labute approximate surface area is 221 Å². The van der Waals surface area contributed by atoms with Gasteiger partial charge in [-0.15, -0.1) is 0 Å². The summed E-state index contributed by atoms with van der Waals surface area (Å²) < 4.78 is 6.10. The summed E-state index contributed by atoms with van der Waals surface area (Å²) >= 11 is 4.55. The van der Waals surface area contributed by atoms with Gasteiger partial charge in [-0.25, -0.2) is 9.98 Å². The molecule has 0 saturated carbocycles. The van der Waals surface area contributed by atoms with Crippen LogP contribution in [0.4, 0.5) is 11.4 Å². The Hall–Kier alpha value is -0.961. The number of halogens is 2. The Morgan fingerprint density at radius 3 is 1.22 bits per heavy atom. The van der Waals surface area contributed by atoms with Crippen LogP contribution in [0.3, 0.4) is 0 Å². The van der Waals surface area contributed by atoms with E-state index in [-0.39, 0.29) is 0 Å². The zero-order chi connectivity index (χ0) is 24.0. The molecule has 0 saturated heterocycles. The van der Waals surface area contributed by atoms with Crippen molar-refractivity contribution in [3.05, 3.63) is 81.3 Å². The van der Waals surface area contributed by atoms with Crippen LogP contribution < -0.4 is 0 Å². The first kappa shape index (κ1) is 27.3. The Morgan fingerprint density at radius 2 is 0.938 bits per heavy atom. The van der Waals surface area contributed by atoms with Crippen molar-refractivity contribution in [1.82, 2.24) is 0 Å². The van der Waals surface area contributed by atoms with Gasteiger partial charge in [0.25, 0.3) is 0 Å². The molecule has 0 N–H and O–H groups in total. The van der Waals surface area contributed by atoms with E-state index >= 15 is 0 Å². The van der Waals surface area contributed by atoms with Crippen molar-refractivity contribution in [2.24, 2.45) is 9.98 Å². The number of aliphatic imine (C=N–C) groups is 2. The summed E-state index contributed by atoms with van der Waals surface area (Å²) in [5.41, 5.74) is 11.0. The van der Waals surface area contributed by atoms with Crippen molar-refractivity contribution >= 4 is 63.5 Å². The Kier molecular flexibility index (Phi) is 10.6. The molecule has 0 radical (unpaired) electrons. The molecule has 0 fully saturated rings. The molecule has 3 aromatic rings. The van der Waals surface area contributed by atoms with Crippen LogP contribution in [0.1, 0.15) is 58.7 Å². The van der Waals surface area contributed by atoms with E-state index in [0.717, 1.165) is 34.3 Å². The van der Waals surface area contributed by atoms with Crippen LogP contribution in [-0.4, -0.2) is 11.4 Å². The molecule has 3 rings (SSSR count). The SMILES string of the molecule is CC(=Nc1c(C)cc(C)cc1C)c1ccc(C(C)=Nc2c(C)cc(C)cc2C)o1.[I][Fe][I]. The molecule has 0 unspecified atom stereocenters. The van der Waals surface area contributed by atoms with Gasteiger partial charge in [-0.3, -0.25) is 0 Å². The van der Waals surface area contributed by atoms with Gasteiger partial charge in [-0.2, -0.15) is 0 Å². The fourth-order valence-corrected chi connectivity index (χ4v) is 3.87. The van der Waals surface area contributed by atoms with E-state index in [9.17, 15) is 0 Å². The summed E-state index contributed by atoms with van der Waals surface area (Å²) in [4.78, 5) is 9.69. The van der Waals surface area contributed by atoms with Crippen LogP contribution >= 0.6 is 40.7 Å². The average Bonchev–Trinajstić information content (AvgIpc) is 3.18. The van der Waals surface area contributed by atoms with E-state index in [4.69, 9.17) is 14.4 Å². The Balaban J connectivity index is 0.00000114. The first-order valence-electron chi connectivity index (χ1n) is 10.3. The van der Waals surface area contributed by atoms with Gasteiger partial charge in [0.2, 0.25) is 0 Å². The van der Waals surface area contributed by atoms with Gasteiger partial charge in [0, 0.05) is 0 Å². The Morgan fingerprint density at radius 1 is 0.656 bits per heavy atom. The zero-order valence-electron chi connectivity index (χ0n) is 19.9. The normalized spacial score (nSPS) is 12.1. The number of aryl methyl sites for hydroxylation is 6. The minimum absolute atomic E-state index is 0.770. The number of benzene rings is 2. The molecule has 0 spiro atoms. The number of furan rings is 1. The molecule has 2 aromatic carbocycles. The number of nitrogens with zero attached hydrogens (tertiary/aromatic N) is 2. The summed E-state index contributed by atoms with van der Waals surface area (Å²) in [6, 6.07) is 12.6. The van der Waals surface area contributed by atoms with Gasteiger partial charge in [0.05, 0.1) is 22.8 Å². The quantitative estimate of drug-likeness (QED) is 0.152. The third-order valence-corrected chi connectivity index (χ3v) is 5.15. The second-order valence-electron chi connectivity index (χ2n) is 8.10. The molecule has 172 valence electrons. The van der Waals surface area contributed by atoms with Crippen molar-refractivity contribution < 1.29 is 12.9 Å².